The van der Waals surface area contributed by atoms with Gasteiger partial charge in [-0.1, -0.05) is 30.3 Å². The van der Waals surface area contributed by atoms with Crippen molar-refractivity contribution in [1.29, 1.82) is 0 Å². The van der Waals surface area contributed by atoms with E-state index < -0.39 is 23.8 Å². The highest BCUT2D eigenvalue weighted by atomic mass is 32.1. The first-order valence-corrected chi connectivity index (χ1v) is 14.7. The number of hydrogen-bond donors (Lipinski definition) is 1. The number of anilines is 3. The van der Waals surface area contributed by atoms with Crippen LogP contribution in [0.15, 0.2) is 90.7 Å². The Bertz CT molecular complexity index is 1550. The maximum Gasteiger partial charge on any atom is 0.413 e. The van der Waals surface area contributed by atoms with Gasteiger partial charge < -0.3 is 19.5 Å². The third-order valence-corrected chi connectivity index (χ3v) is 8.12. The molecule has 2 saturated heterocycles. The van der Waals surface area contributed by atoms with Gasteiger partial charge in [-0.15, -0.1) is 11.3 Å². The zero-order chi connectivity index (χ0) is 29.6. The number of carbonyl (C=O) groups excluding carboxylic acids is 3. The van der Waals surface area contributed by atoms with E-state index in [1.165, 1.54) is 21.1 Å². The minimum Gasteiger partial charge on any atom is -0.444 e. The van der Waals surface area contributed by atoms with Gasteiger partial charge in [0.25, 0.3) is 11.8 Å². The second kappa shape index (κ2) is 12.7. The first-order valence-electron chi connectivity index (χ1n) is 13.8. The SMILES string of the molecule is O=C(Nc1cccnc1)c1ccc(N(C(=O)C2COC3(CCOCC3)N2C(=O)OCc2ccccc2)c2nccs2)cc1. The van der Waals surface area contributed by atoms with Gasteiger partial charge in [0.05, 0.1) is 37.4 Å². The summed E-state index contributed by atoms with van der Waals surface area (Å²) in [6, 6.07) is 18.5. The molecular formula is C31H29N5O6S. The van der Waals surface area contributed by atoms with Crippen molar-refractivity contribution >= 4 is 45.8 Å². The summed E-state index contributed by atoms with van der Waals surface area (Å²) in [5.74, 6) is -0.716. The van der Waals surface area contributed by atoms with Crippen molar-refractivity contribution in [2.45, 2.75) is 31.2 Å². The lowest BCUT2D eigenvalue weighted by atomic mass is 10.0. The van der Waals surface area contributed by atoms with Crippen LogP contribution < -0.4 is 10.2 Å². The van der Waals surface area contributed by atoms with Gasteiger partial charge >= 0.3 is 6.09 Å². The van der Waals surface area contributed by atoms with E-state index in [1.54, 1.807) is 60.4 Å². The van der Waals surface area contributed by atoms with Crippen LogP contribution in [0.2, 0.25) is 0 Å². The summed E-state index contributed by atoms with van der Waals surface area (Å²) < 4.78 is 17.5. The lowest BCUT2D eigenvalue weighted by Gasteiger charge is -2.40. The molecule has 0 radical (unpaired) electrons. The molecule has 4 aromatic rings. The Kier molecular flexibility index (Phi) is 8.40. The van der Waals surface area contributed by atoms with Crippen LogP contribution in [0.4, 0.5) is 21.3 Å². The third-order valence-electron chi connectivity index (χ3n) is 7.36. The number of ether oxygens (including phenoxy) is 3. The van der Waals surface area contributed by atoms with Crippen molar-refractivity contribution in [1.82, 2.24) is 14.9 Å². The van der Waals surface area contributed by atoms with Gasteiger partial charge in [0.2, 0.25) is 0 Å². The maximum absolute atomic E-state index is 14.4. The van der Waals surface area contributed by atoms with Crippen molar-refractivity contribution in [3.05, 3.63) is 102 Å². The topological polar surface area (TPSA) is 123 Å². The standard InChI is InChI=1S/C31H29N5O6S/c37-27(34-24-7-4-14-32-19-24)23-8-10-25(11-9-23)35(29-33-15-18-43-29)28(38)26-21-42-31(12-16-40-17-13-31)36(26)30(39)41-20-22-5-2-1-3-6-22/h1-11,14-15,18-19,26H,12-13,16-17,20-21H2,(H,34,37). The van der Waals surface area contributed by atoms with Crippen molar-refractivity contribution in [2.24, 2.45) is 0 Å². The molecule has 2 aromatic heterocycles. The van der Waals surface area contributed by atoms with Gasteiger partial charge in [0.15, 0.2) is 10.9 Å². The number of hydrogen-bond acceptors (Lipinski definition) is 9. The number of nitrogens with one attached hydrogen (secondary N) is 1. The quantitative estimate of drug-likeness (QED) is 0.315. The van der Waals surface area contributed by atoms with Crippen LogP contribution >= 0.6 is 11.3 Å². The Morgan fingerprint density at radius 2 is 1.81 bits per heavy atom. The number of aromatic nitrogens is 2. The van der Waals surface area contributed by atoms with Crippen LogP contribution in [0.25, 0.3) is 0 Å². The Morgan fingerprint density at radius 1 is 1.02 bits per heavy atom. The van der Waals surface area contributed by atoms with Gasteiger partial charge in [-0.2, -0.15) is 0 Å². The highest BCUT2D eigenvalue weighted by Crippen LogP contribution is 2.39. The Hall–Kier alpha value is -4.65. The van der Waals surface area contributed by atoms with Crippen LogP contribution in [0.1, 0.15) is 28.8 Å². The average Bonchev–Trinajstić information content (AvgIpc) is 3.70. The molecule has 220 valence electrons. The van der Waals surface area contributed by atoms with E-state index in [-0.39, 0.29) is 19.1 Å². The predicted octanol–water partition coefficient (Wildman–Crippen LogP) is 5.00. The molecule has 2 aromatic carbocycles. The fourth-order valence-corrected chi connectivity index (χ4v) is 5.88. The van der Waals surface area contributed by atoms with E-state index in [1.807, 2.05) is 30.3 Å². The number of nitrogens with zero attached hydrogens (tertiary/aromatic N) is 4. The summed E-state index contributed by atoms with van der Waals surface area (Å²) in [5.41, 5.74) is 1.27. The van der Waals surface area contributed by atoms with Gasteiger partial charge in [-0.3, -0.25) is 24.4 Å². The van der Waals surface area contributed by atoms with Crippen LogP contribution in [-0.4, -0.2) is 64.4 Å². The molecule has 0 aliphatic carbocycles. The number of rotatable bonds is 7. The fourth-order valence-electron chi connectivity index (χ4n) is 5.21. The van der Waals surface area contributed by atoms with Crippen LogP contribution in [0, 0.1) is 0 Å². The van der Waals surface area contributed by atoms with Crippen molar-refractivity contribution in [3.8, 4) is 0 Å². The van der Waals surface area contributed by atoms with E-state index in [0.29, 0.717) is 48.1 Å². The van der Waals surface area contributed by atoms with E-state index in [0.717, 1.165) is 5.56 Å². The molecule has 0 saturated carbocycles. The molecule has 1 spiro atoms. The van der Waals surface area contributed by atoms with Gasteiger partial charge in [-0.25, -0.2) is 9.78 Å². The normalized spacial score (nSPS) is 17.4. The smallest absolute Gasteiger partial charge is 0.413 e. The largest absolute Gasteiger partial charge is 0.444 e. The number of amides is 3. The molecule has 1 N–H and O–H groups in total. The molecule has 43 heavy (non-hydrogen) atoms. The number of benzene rings is 2. The van der Waals surface area contributed by atoms with Gasteiger partial charge in [0.1, 0.15) is 12.6 Å². The van der Waals surface area contributed by atoms with Crippen LogP contribution in [0.5, 0.6) is 0 Å². The fraction of sp³-hybridized carbons (Fsp3) is 0.258. The van der Waals surface area contributed by atoms with Gasteiger partial charge in [0, 0.05) is 36.2 Å². The van der Waals surface area contributed by atoms with Crippen LogP contribution in [0.3, 0.4) is 0 Å². The predicted molar refractivity (Wildman–Crippen MR) is 159 cm³/mol. The lowest BCUT2D eigenvalue weighted by Crippen LogP contribution is -2.57. The molecule has 4 heterocycles. The zero-order valence-electron chi connectivity index (χ0n) is 23.1. The minimum absolute atomic E-state index is 0.00720. The monoisotopic (exact) mass is 599 g/mol. The molecule has 2 aliphatic rings. The summed E-state index contributed by atoms with van der Waals surface area (Å²) in [6.07, 6.45) is 4.97. The maximum atomic E-state index is 14.4. The molecule has 3 amide bonds. The Labute approximate surface area is 252 Å². The first kappa shape index (κ1) is 28.5. The minimum atomic E-state index is -1.02. The van der Waals surface area contributed by atoms with E-state index in [9.17, 15) is 14.4 Å². The third kappa shape index (κ3) is 6.12. The van der Waals surface area contributed by atoms with E-state index in [2.05, 4.69) is 15.3 Å². The van der Waals surface area contributed by atoms with E-state index >= 15 is 0 Å². The molecule has 2 aliphatic heterocycles. The lowest BCUT2D eigenvalue weighted by molar-refractivity contribution is -0.141. The second-order valence-electron chi connectivity index (χ2n) is 10.0. The Balaban J connectivity index is 1.27. The van der Waals surface area contributed by atoms with Crippen molar-refractivity contribution in [3.63, 3.8) is 0 Å². The summed E-state index contributed by atoms with van der Waals surface area (Å²) in [7, 11) is 0. The van der Waals surface area contributed by atoms with Gasteiger partial charge in [-0.05, 0) is 42.0 Å². The molecular weight excluding hydrogens is 570 g/mol. The molecule has 11 nitrogen and oxygen atoms in total. The second-order valence-corrected chi connectivity index (χ2v) is 10.9. The highest BCUT2D eigenvalue weighted by molar-refractivity contribution is 7.13. The molecule has 12 heteroatoms. The molecule has 1 unspecified atom stereocenters. The molecule has 2 fully saturated rings. The summed E-state index contributed by atoms with van der Waals surface area (Å²) in [4.78, 5) is 52.1. The molecule has 0 bridgehead atoms. The number of carbonyl (C=O) groups is 3. The summed E-state index contributed by atoms with van der Waals surface area (Å²) in [5, 5.41) is 4.99. The van der Waals surface area contributed by atoms with Crippen molar-refractivity contribution in [2.75, 3.05) is 30.0 Å². The Morgan fingerprint density at radius 3 is 2.51 bits per heavy atom. The van der Waals surface area contributed by atoms with Crippen molar-refractivity contribution < 1.29 is 28.6 Å². The number of thiazole rings is 1. The number of pyridine rings is 1. The van der Waals surface area contributed by atoms with E-state index in [4.69, 9.17) is 14.2 Å². The molecule has 6 rings (SSSR count). The summed E-state index contributed by atoms with van der Waals surface area (Å²) in [6.45, 7) is 0.833. The zero-order valence-corrected chi connectivity index (χ0v) is 23.9. The summed E-state index contributed by atoms with van der Waals surface area (Å²) >= 11 is 1.28. The van der Waals surface area contributed by atoms with Crippen LogP contribution in [-0.2, 0) is 25.6 Å². The highest BCUT2D eigenvalue weighted by Gasteiger charge is 2.55. The first-order chi connectivity index (χ1) is 21.0. The molecule has 1 atom stereocenters. The average molecular weight is 600 g/mol.